The van der Waals surface area contributed by atoms with E-state index in [-0.39, 0.29) is 11.6 Å². The zero-order chi connectivity index (χ0) is 23.3. The predicted molar refractivity (Wildman–Crippen MR) is 130 cm³/mol. The highest BCUT2D eigenvalue weighted by atomic mass is 28.4. The minimum absolute atomic E-state index is 0.0270. The first-order valence-electron chi connectivity index (χ1n) is 11.2. The third-order valence-electron chi connectivity index (χ3n) is 5.80. The summed E-state index contributed by atoms with van der Waals surface area (Å²) in [5, 5.41) is 3.96. The van der Waals surface area contributed by atoms with E-state index in [9.17, 15) is 4.79 Å². The lowest BCUT2D eigenvalue weighted by Gasteiger charge is -2.37. The van der Waals surface area contributed by atoms with Gasteiger partial charge in [-0.1, -0.05) is 76.3 Å². The molecule has 0 heterocycles. The Balaban J connectivity index is 2.98. The number of hydrogen-bond donors (Lipinski definition) is 0. The van der Waals surface area contributed by atoms with Crippen molar-refractivity contribution in [2.24, 2.45) is 5.11 Å². The van der Waals surface area contributed by atoms with E-state index in [2.05, 4.69) is 50.8 Å². The van der Waals surface area contributed by atoms with Gasteiger partial charge in [-0.05, 0) is 54.7 Å². The van der Waals surface area contributed by atoms with Crippen molar-refractivity contribution in [3.8, 4) is 0 Å². The molecule has 0 aromatic heterocycles. The number of carbonyl (C=O) groups excluding carboxylic acids is 1. The maximum atomic E-state index is 12.7. The van der Waals surface area contributed by atoms with Gasteiger partial charge in [0.1, 0.15) is 12.1 Å². The van der Waals surface area contributed by atoms with Crippen molar-refractivity contribution in [1.29, 1.82) is 0 Å². The van der Waals surface area contributed by atoms with Crippen LogP contribution in [0.15, 0.2) is 47.6 Å². The van der Waals surface area contributed by atoms with Crippen LogP contribution >= 0.6 is 0 Å². The molecule has 0 aliphatic rings. The highest BCUT2D eigenvalue weighted by molar-refractivity contribution is 6.74. The van der Waals surface area contributed by atoms with Crippen molar-refractivity contribution < 1.29 is 14.0 Å². The molecule has 0 amide bonds. The third kappa shape index (κ3) is 9.72. The standard InChI is InChI=1S/C24H39N3O3Si/c1-7-8-9-10-11-15-18-22(30-23(28)20-16-13-12-14-17-20)21(26-27-25)19-29-31(5,6)24(2,3)4/h12-18,21-22H,7-11,19H2,1-6H3/b18-15+/t21-,22+/m0/s1. The lowest BCUT2D eigenvalue weighted by Crippen LogP contribution is -2.44. The smallest absolute Gasteiger partial charge is 0.338 e. The van der Waals surface area contributed by atoms with Crippen molar-refractivity contribution >= 4 is 14.3 Å². The molecule has 0 unspecified atom stereocenters. The van der Waals surface area contributed by atoms with Crippen molar-refractivity contribution in [3.05, 3.63) is 58.5 Å². The molecular weight excluding hydrogens is 406 g/mol. The first-order chi connectivity index (χ1) is 14.6. The van der Waals surface area contributed by atoms with Crippen LogP contribution < -0.4 is 0 Å². The van der Waals surface area contributed by atoms with Crippen LogP contribution in [-0.4, -0.2) is 33.0 Å². The van der Waals surface area contributed by atoms with Crippen LogP contribution in [0.3, 0.4) is 0 Å². The summed E-state index contributed by atoms with van der Waals surface area (Å²) in [6, 6.07) is 8.23. The fraction of sp³-hybridized carbons (Fsp3) is 0.625. The molecule has 1 rings (SSSR count). The summed E-state index contributed by atoms with van der Waals surface area (Å²) < 4.78 is 12.1. The Labute approximate surface area is 188 Å². The van der Waals surface area contributed by atoms with E-state index in [1.54, 1.807) is 24.3 Å². The molecule has 6 nitrogen and oxygen atoms in total. The molecule has 1 aromatic rings. The fourth-order valence-corrected chi connectivity index (χ4v) is 3.72. The van der Waals surface area contributed by atoms with Gasteiger partial charge in [0.2, 0.25) is 0 Å². The van der Waals surface area contributed by atoms with Gasteiger partial charge >= 0.3 is 5.97 Å². The summed E-state index contributed by atoms with van der Waals surface area (Å²) >= 11 is 0. The molecule has 31 heavy (non-hydrogen) atoms. The van der Waals surface area contributed by atoms with Crippen LogP contribution in [0.1, 0.15) is 70.2 Å². The molecule has 2 atom stereocenters. The molecule has 0 spiro atoms. The average molecular weight is 446 g/mol. The van der Waals surface area contributed by atoms with Crippen LogP contribution in [0.25, 0.3) is 10.4 Å². The molecule has 0 aliphatic heterocycles. The van der Waals surface area contributed by atoms with E-state index >= 15 is 0 Å². The van der Waals surface area contributed by atoms with Gasteiger partial charge in [0, 0.05) is 11.5 Å². The average Bonchev–Trinajstić information content (AvgIpc) is 2.72. The summed E-state index contributed by atoms with van der Waals surface area (Å²) in [5.74, 6) is -0.438. The second-order valence-electron chi connectivity index (χ2n) is 9.36. The van der Waals surface area contributed by atoms with Crippen LogP contribution in [0, 0.1) is 0 Å². The normalized spacial score (nSPS) is 14.1. The highest BCUT2D eigenvalue weighted by Gasteiger charge is 2.38. The monoisotopic (exact) mass is 445 g/mol. The predicted octanol–water partition coefficient (Wildman–Crippen LogP) is 7.44. The largest absolute Gasteiger partial charge is 0.454 e. The van der Waals surface area contributed by atoms with Gasteiger partial charge in [-0.2, -0.15) is 0 Å². The Hall–Kier alpha value is -2.08. The zero-order valence-electron chi connectivity index (χ0n) is 20.0. The number of hydrogen-bond acceptors (Lipinski definition) is 4. The van der Waals surface area contributed by atoms with Gasteiger partial charge in [-0.15, -0.1) is 0 Å². The summed E-state index contributed by atoms with van der Waals surface area (Å²) in [6.45, 7) is 13.2. The van der Waals surface area contributed by atoms with E-state index in [4.69, 9.17) is 14.7 Å². The molecule has 7 heteroatoms. The molecule has 172 valence electrons. The minimum Gasteiger partial charge on any atom is -0.454 e. The lowest BCUT2D eigenvalue weighted by atomic mass is 10.1. The summed E-state index contributed by atoms with van der Waals surface area (Å²) in [6.07, 6.45) is 8.73. The SMILES string of the molecule is CCCCCC/C=C/[C@@H](OC(=O)c1ccccc1)[C@H](CO[Si](C)(C)C(C)(C)C)N=[N+]=[N-]. The fourth-order valence-electron chi connectivity index (χ4n) is 2.70. The number of ether oxygens (including phenoxy) is 1. The Morgan fingerprint density at radius 1 is 1.19 bits per heavy atom. The summed E-state index contributed by atoms with van der Waals surface area (Å²) in [5.41, 5.74) is 9.61. The van der Waals surface area contributed by atoms with Crippen LogP contribution in [0.2, 0.25) is 18.1 Å². The van der Waals surface area contributed by atoms with Crippen molar-refractivity contribution in [2.75, 3.05) is 6.61 Å². The summed E-state index contributed by atoms with van der Waals surface area (Å²) in [4.78, 5) is 15.7. The van der Waals surface area contributed by atoms with Gasteiger partial charge in [-0.3, -0.25) is 0 Å². The van der Waals surface area contributed by atoms with Crippen molar-refractivity contribution in [2.45, 2.75) is 90.1 Å². The number of unbranched alkanes of at least 4 members (excludes halogenated alkanes) is 4. The maximum absolute atomic E-state index is 12.7. The maximum Gasteiger partial charge on any atom is 0.338 e. The third-order valence-corrected chi connectivity index (χ3v) is 10.3. The van der Waals surface area contributed by atoms with E-state index in [1.807, 2.05) is 18.2 Å². The van der Waals surface area contributed by atoms with E-state index in [1.165, 1.54) is 19.3 Å². The molecule has 0 aliphatic carbocycles. The number of benzene rings is 1. The van der Waals surface area contributed by atoms with E-state index in [0.29, 0.717) is 5.56 Å². The van der Waals surface area contributed by atoms with Gasteiger partial charge in [-0.25, -0.2) is 4.79 Å². The molecule has 0 radical (unpaired) electrons. The van der Waals surface area contributed by atoms with E-state index < -0.39 is 26.4 Å². The number of esters is 1. The first-order valence-corrected chi connectivity index (χ1v) is 14.1. The van der Waals surface area contributed by atoms with Crippen LogP contribution in [0.4, 0.5) is 0 Å². The molecule has 0 fully saturated rings. The number of nitrogens with zero attached hydrogens (tertiary/aromatic N) is 3. The highest BCUT2D eigenvalue weighted by Crippen LogP contribution is 2.36. The molecule has 0 saturated carbocycles. The van der Waals surface area contributed by atoms with Gasteiger partial charge < -0.3 is 9.16 Å². The molecular formula is C24H39N3O3Si. The molecule has 0 N–H and O–H groups in total. The zero-order valence-corrected chi connectivity index (χ0v) is 21.0. The Morgan fingerprint density at radius 3 is 2.45 bits per heavy atom. The number of allylic oxidation sites excluding steroid dienone is 1. The molecule has 0 bridgehead atoms. The van der Waals surface area contributed by atoms with E-state index in [0.717, 1.165) is 12.8 Å². The van der Waals surface area contributed by atoms with Crippen LogP contribution in [-0.2, 0) is 9.16 Å². The van der Waals surface area contributed by atoms with Gasteiger partial charge in [0.25, 0.3) is 0 Å². The number of carbonyl (C=O) groups is 1. The second-order valence-corrected chi connectivity index (χ2v) is 14.2. The van der Waals surface area contributed by atoms with Gasteiger partial charge in [0.15, 0.2) is 8.32 Å². The van der Waals surface area contributed by atoms with Gasteiger partial charge in [0.05, 0.1) is 5.56 Å². The number of azide groups is 1. The topological polar surface area (TPSA) is 84.3 Å². The summed E-state index contributed by atoms with van der Waals surface area (Å²) in [7, 11) is -2.05. The van der Waals surface area contributed by atoms with Crippen molar-refractivity contribution in [1.82, 2.24) is 0 Å². The Morgan fingerprint density at radius 2 is 1.87 bits per heavy atom. The first kappa shape index (κ1) is 27.0. The lowest BCUT2D eigenvalue weighted by molar-refractivity contribution is 0.0309. The minimum atomic E-state index is -2.05. The quantitative estimate of drug-likeness (QED) is 0.0601. The van der Waals surface area contributed by atoms with Crippen molar-refractivity contribution in [3.63, 3.8) is 0 Å². The molecule has 1 aromatic carbocycles. The Kier molecular flexibility index (Phi) is 11.6. The Bertz CT molecular complexity index is 738. The second kappa shape index (κ2) is 13.4. The van der Waals surface area contributed by atoms with Crippen LogP contribution in [0.5, 0.6) is 0 Å². The number of rotatable bonds is 13. The molecule has 0 saturated heterocycles.